The number of ether oxygens (including phenoxy) is 1. The van der Waals surface area contributed by atoms with E-state index in [1.165, 1.54) is 25.3 Å². The molecule has 128 valence electrons. The van der Waals surface area contributed by atoms with Gasteiger partial charge in [-0.15, -0.1) is 0 Å². The van der Waals surface area contributed by atoms with E-state index in [0.717, 1.165) is 23.9 Å². The summed E-state index contributed by atoms with van der Waals surface area (Å²) in [6.07, 6.45) is 6.08. The standard InChI is InChI=1S/C18H19N5O2/c1-11(24)21-15-6-14-13(7-20-15)18(3-4-18)10-23(14)16-2-5-19-17(22-16)12-8-25-9-12/h2,5-7,12H,3-4,8-10H2,1H3,(H,20,21,24). The predicted octanol–water partition coefficient (Wildman–Crippen LogP) is 2.13. The van der Waals surface area contributed by atoms with Gasteiger partial charge in [-0.3, -0.25) is 4.79 Å². The molecule has 1 N–H and O–H groups in total. The van der Waals surface area contributed by atoms with Crippen LogP contribution in [0, 0.1) is 0 Å². The molecule has 25 heavy (non-hydrogen) atoms. The van der Waals surface area contributed by atoms with E-state index in [4.69, 9.17) is 9.72 Å². The number of aromatic nitrogens is 3. The van der Waals surface area contributed by atoms with Crippen molar-refractivity contribution in [2.24, 2.45) is 0 Å². The van der Waals surface area contributed by atoms with Crippen LogP contribution in [-0.2, 0) is 14.9 Å². The van der Waals surface area contributed by atoms with E-state index in [0.29, 0.717) is 24.9 Å². The molecule has 1 saturated heterocycles. The second kappa shape index (κ2) is 5.23. The van der Waals surface area contributed by atoms with Gasteiger partial charge >= 0.3 is 0 Å². The fraction of sp³-hybridized carbons (Fsp3) is 0.444. The van der Waals surface area contributed by atoms with Crippen molar-refractivity contribution < 1.29 is 9.53 Å². The molecule has 1 saturated carbocycles. The fourth-order valence-corrected chi connectivity index (χ4v) is 3.68. The number of nitrogens with one attached hydrogen (secondary N) is 1. The van der Waals surface area contributed by atoms with Gasteiger partial charge in [0.25, 0.3) is 0 Å². The molecule has 3 aliphatic rings. The number of rotatable bonds is 3. The van der Waals surface area contributed by atoms with E-state index in [1.807, 2.05) is 24.5 Å². The van der Waals surface area contributed by atoms with Gasteiger partial charge in [0.05, 0.1) is 24.8 Å². The predicted molar refractivity (Wildman–Crippen MR) is 92.1 cm³/mol. The van der Waals surface area contributed by atoms with Crippen LogP contribution in [0.1, 0.15) is 37.1 Å². The monoisotopic (exact) mass is 337 g/mol. The quantitative estimate of drug-likeness (QED) is 0.924. The molecule has 0 radical (unpaired) electrons. The Bertz CT molecular complexity index is 860. The van der Waals surface area contributed by atoms with Crippen LogP contribution in [0.4, 0.5) is 17.3 Å². The highest BCUT2D eigenvalue weighted by Gasteiger charge is 2.52. The molecular weight excluding hydrogens is 318 g/mol. The third-order valence-corrected chi connectivity index (χ3v) is 5.30. The lowest BCUT2D eigenvalue weighted by molar-refractivity contribution is -0.114. The van der Waals surface area contributed by atoms with E-state index in [1.54, 1.807) is 0 Å². The number of carbonyl (C=O) groups is 1. The van der Waals surface area contributed by atoms with Crippen molar-refractivity contribution in [1.29, 1.82) is 0 Å². The van der Waals surface area contributed by atoms with E-state index in [9.17, 15) is 4.79 Å². The molecule has 0 unspecified atom stereocenters. The van der Waals surface area contributed by atoms with Crippen LogP contribution in [0.2, 0.25) is 0 Å². The second-order valence-electron chi connectivity index (χ2n) is 7.14. The molecule has 2 fully saturated rings. The minimum atomic E-state index is -0.118. The summed E-state index contributed by atoms with van der Waals surface area (Å²) in [7, 11) is 0. The van der Waals surface area contributed by atoms with Crippen molar-refractivity contribution in [3.05, 3.63) is 35.9 Å². The molecule has 0 atom stereocenters. The molecule has 7 nitrogen and oxygen atoms in total. The Kier molecular flexibility index (Phi) is 3.09. The summed E-state index contributed by atoms with van der Waals surface area (Å²) in [4.78, 5) is 27.2. The lowest BCUT2D eigenvalue weighted by Gasteiger charge is -2.26. The van der Waals surface area contributed by atoms with Crippen LogP contribution < -0.4 is 10.2 Å². The van der Waals surface area contributed by atoms with Gasteiger partial charge in [0.1, 0.15) is 17.5 Å². The Labute approximate surface area is 145 Å². The molecule has 2 aliphatic heterocycles. The van der Waals surface area contributed by atoms with Crippen LogP contribution in [-0.4, -0.2) is 40.6 Å². The highest BCUT2D eigenvalue weighted by molar-refractivity contribution is 5.89. The number of anilines is 3. The lowest BCUT2D eigenvalue weighted by atomic mass is 10.0. The smallest absolute Gasteiger partial charge is 0.222 e. The molecule has 2 aromatic rings. The summed E-state index contributed by atoms with van der Waals surface area (Å²) < 4.78 is 5.26. The molecule has 0 bridgehead atoms. The summed E-state index contributed by atoms with van der Waals surface area (Å²) in [6, 6.07) is 3.91. The van der Waals surface area contributed by atoms with Crippen LogP contribution in [0.25, 0.3) is 0 Å². The van der Waals surface area contributed by atoms with Crippen molar-refractivity contribution in [2.45, 2.75) is 31.1 Å². The summed E-state index contributed by atoms with van der Waals surface area (Å²) in [5.41, 5.74) is 2.54. The first-order valence-electron chi connectivity index (χ1n) is 8.61. The Morgan fingerprint density at radius 3 is 2.88 bits per heavy atom. The SMILES string of the molecule is CC(=O)Nc1cc2c(cn1)C1(CC1)CN2c1ccnc(C2COC2)n1. The van der Waals surface area contributed by atoms with Crippen molar-refractivity contribution >= 4 is 23.2 Å². The number of carbonyl (C=O) groups excluding carboxylic acids is 1. The van der Waals surface area contributed by atoms with Gasteiger partial charge in [0.2, 0.25) is 5.91 Å². The van der Waals surface area contributed by atoms with Crippen LogP contribution in [0.5, 0.6) is 0 Å². The van der Waals surface area contributed by atoms with E-state index < -0.39 is 0 Å². The van der Waals surface area contributed by atoms with Crippen LogP contribution in [0.3, 0.4) is 0 Å². The highest BCUT2D eigenvalue weighted by atomic mass is 16.5. The van der Waals surface area contributed by atoms with Gasteiger partial charge < -0.3 is 15.0 Å². The first-order chi connectivity index (χ1) is 12.1. The Balaban J connectivity index is 1.54. The average molecular weight is 337 g/mol. The molecule has 4 heterocycles. The number of nitrogens with zero attached hydrogens (tertiary/aromatic N) is 4. The largest absolute Gasteiger partial charge is 0.380 e. The van der Waals surface area contributed by atoms with Gasteiger partial charge in [-0.2, -0.15) is 0 Å². The molecule has 1 aliphatic carbocycles. The van der Waals surface area contributed by atoms with Gasteiger partial charge in [-0.1, -0.05) is 0 Å². The number of hydrogen-bond acceptors (Lipinski definition) is 6. The van der Waals surface area contributed by atoms with E-state index in [-0.39, 0.29) is 11.3 Å². The summed E-state index contributed by atoms with van der Waals surface area (Å²) in [5.74, 6) is 2.51. The zero-order chi connectivity index (χ0) is 17.0. The third-order valence-electron chi connectivity index (χ3n) is 5.30. The Hall–Kier alpha value is -2.54. The maximum Gasteiger partial charge on any atom is 0.222 e. The maximum absolute atomic E-state index is 11.4. The fourth-order valence-electron chi connectivity index (χ4n) is 3.68. The highest BCUT2D eigenvalue weighted by Crippen LogP contribution is 2.57. The minimum Gasteiger partial charge on any atom is -0.380 e. The Morgan fingerprint density at radius 2 is 2.20 bits per heavy atom. The van der Waals surface area contributed by atoms with Crippen molar-refractivity contribution in [3.8, 4) is 0 Å². The number of amides is 1. The molecular formula is C18H19N5O2. The van der Waals surface area contributed by atoms with E-state index >= 15 is 0 Å². The normalized spacial score (nSPS) is 20.3. The zero-order valence-electron chi connectivity index (χ0n) is 14.0. The summed E-state index contributed by atoms with van der Waals surface area (Å²) in [5, 5.41) is 2.78. The average Bonchev–Trinajstić information content (AvgIpc) is 3.24. The third kappa shape index (κ3) is 2.38. The first-order valence-corrected chi connectivity index (χ1v) is 8.61. The molecule has 7 heteroatoms. The molecule has 0 aromatic carbocycles. The second-order valence-corrected chi connectivity index (χ2v) is 7.14. The van der Waals surface area contributed by atoms with Gasteiger partial charge in [0.15, 0.2) is 0 Å². The van der Waals surface area contributed by atoms with Crippen molar-refractivity contribution in [1.82, 2.24) is 15.0 Å². The number of pyridine rings is 1. The number of fused-ring (bicyclic) bond motifs is 2. The molecule has 1 amide bonds. The minimum absolute atomic E-state index is 0.118. The van der Waals surface area contributed by atoms with Crippen molar-refractivity contribution in [3.63, 3.8) is 0 Å². The molecule has 5 rings (SSSR count). The van der Waals surface area contributed by atoms with Gasteiger partial charge in [-0.25, -0.2) is 15.0 Å². The van der Waals surface area contributed by atoms with Crippen molar-refractivity contribution in [2.75, 3.05) is 30.0 Å². The number of hydrogen-bond donors (Lipinski definition) is 1. The maximum atomic E-state index is 11.4. The summed E-state index contributed by atoms with van der Waals surface area (Å²) >= 11 is 0. The molecule has 2 aromatic heterocycles. The summed E-state index contributed by atoms with van der Waals surface area (Å²) in [6.45, 7) is 3.79. The van der Waals surface area contributed by atoms with Crippen LogP contribution >= 0.6 is 0 Å². The Morgan fingerprint density at radius 1 is 1.36 bits per heavy atom. The zero-order valence-corrected chi connectivity index (χ0v) is 14.0. The topological polar surface area (TPSA) is 80.2 Å². The van der Waals surface area contributed by atoms with Crippen LogP contribution in [0.15, 0.2) is 24.5 Å². The first kappa shape index (κ1) is 14.8. The van der Waals surface area contributed by atoms with Gasteiger partial charge in [-0.05, 0) is 18.9 Å². The van der Waals surface area contributed by atoms with Gasteiger partial charge in [0, 0.05) is 42.9 Å². The lowest BCUT2D eigenvalue weighted by Crippen LogP contribution is -2.28. The van der Waals surface area contributed by atoms with E-state index in [2.05, 4.69) is 20.2 Å². The molecule has 1 spiro atoms.